The maximum absolute atomic E-state index is 12.9. The smallest absolute Gasteiger partial charge is 0.276 e. The molecule has 0 atom stereocenters. The number of hydrogen-bond donors (Lipinski definition) is 1. The standard InChI is InChI=1S/C17H19FN2O4S/c1-3-23-15-8-5-13(17(11-15)24-4-2)12-19-20-25(21,22)16-9-6-14(18)7-10-16/h5-12,20H,3-4H2,1-2H3/b19-12+. The minimum atomic E-state index is -3.87. The highest BCUT2D eigenvalue weighted by molar-refractivity contribution is 7.89. The monoisotopic (exact) mass is 366 g/mol. The van der Waals surface area contributed by atoms with Gasteiger partial charge < -0.3 is 9.47 Å². The van der Waals surface area contributed by atoms with Crippen molar-refractivity contribution in [3.8, 4) is 11.5 Å². The van der Waals surface area contributed by atoms with Gasteiger partial charge in [-0.05, 0) is 50.2 Å². The van der Waals surface area contributed by atoms with Crippen molar-refractivity contribution in [1.29, 1.82) is 0 Å². The van der Waals surface area contributed by atoms with Crippen LogP contribution in [0.1, 0.15) is 19.4 Å². The number of nitrogens with one attached hydrogen (secondary N) is 1. The van der Waals surface area contributed by atoms with E-state index in [4.69, 9.17) is 9.47 Å². The van der Waals surface area contributed by atoms with Crippen molar-refractivity contribution < 1.29 is 22.3 Å². The van der Waals surface area contributed by atoms with Crippen molar-refractivity contribution in [2.45, 2.75) is 18.7 Å². The van der Waals surface area contributed by atoms with Gasteiger partial charge in [0.15, 0.2) is 0 Å². The second kappa shape index (κ2) is 8.48. The van der Waals surface area contributed by atoms with Crippen LogP contribution in [0.4, 0.5) is 4.39 Å². The summed E-state index contributed by atoms with van der Waals surface area (Å²) in [5.74, 6) is 0.659. The number of nitrogens with zero attached hydrogens (tertiary/aromatic N) is 1. The number of benzene rings is 2. The Labute approximate surface area is 146 Å². The van der Waals surface area contributed by atoms with E-state index in [1.165, 1.54) is 6.21 Å². The molecule has 2 rings (SSSR count). The van der Waals surface area contributed by atoms with Gasteiger partial charge in [-0.15, -0.1) is 0 Å². The van der Waals surface area contributed by atoms with E-state index < -0.39 is 15.8 Å². The average Bonchev–Trinajstić information content (AvgIpc) is 2.57. The van der Waals surface area contributed by atoms with Gasteiger partial charge in [-0.25, -0.2) is 9.22 Å². The number of ether oxygens (including phenoxy) is 2. The van der Waals surface area contributed by atoms with Crippen LogP contribution in [0, 0.1) is 5.82 Å². The topological polar surface area (TPSA) is 77.0 Å². The summed E-state index contributed by atoms with van der Waals surface area (Å²) in [6.45, 7) is 4.68. The lowest BCUT2D eigenvalue weighted by Gasteiger charge is -2.10. The molecule has 25 heavy (non-hydrogen) atoms. The molecule has 0 amide bonds. The van der Waals surface area contributed by atoms with E-state index in [2.05, 4.69) is 9.93 Å². The number of hydrogen-bond acceptors (Lipinski definition) is 5. The van der Waals surface area contributed by atoms with Gasteiger partial charge >= 0.3 is 0 Å². The highest BCUT2D eigenvalue weighted by atomic mass is 32.2. The fourth-order valence-electron chi connectivity index (χ4n) is 1.99. The third kappa shape index (κ3) is 5.18. The molecule has 0 heterocycles. The van der Waals surface area contributed by atoms with E-state index in [-0.39, 0.29) is 4.90 Å². The van der Waals surface area contributed by atoms with Gasteiger partial charge in [-0.2, -0.15) is 13.5 Å². The summed E-state index contributed by atoms with van der Waals surface area (Å²) in [6.07, 6.45) is 1.34. The van der Waals surface area contributed by atoms with Gasteiger partial charge in [-0.1, -0.05) is 0 Å². The van der Waals surface area contributed by atoms with Gasteiger partial charge in [0, 0.05) is 11.6 Å². The molecule has 134 valence electrons. The zero-order valence-electron chi connectivity index (χ0n) is 13.9. The largest absolute Gasteiger partial charge is 0.494 e. The quantitative estimate of drug-likeness (QED) is 0.576. The van der Waals surface area contributed by atoms with Gasteiger partial charge in [0.2, 0.25) is 0 Å². The number of sulfonamides is 1. The fraction of sp³-hybridized carbons (Fsp3) is 0.235. The van der Waals surface area contributed by atoms with E-state index in [1.54, 1.807) is 18.2 Å². The van der Waals surface area contributed by atoms with Crippen LogP contribution in [0.15, 0.2) is 52.5 Å². The normalized spacial score (nSPS) is 11.5. The molecule has 0 spiro atoms. The third-order valence-electron chi connectivity index (χ3n) is 3.10. The molecule has 0 aliphatic carbocycles. The lowest BCUT2D eigenvalue weighted by molar-refractivity contribution is 0.323. The Hall–Kier alpha value is -2.61. The summed E-state index contributed by atoms with van der Waals surface area (Å²) < 4.78 is 48.0. The molecule has 0 aliphatic heterocycles. The van der Waals surface area contributed by atoms with Crippen molar-refractivity contribution in [3.05, 3.63) is 53.8 Å². The number of hydrazone groups is 1. The molecule has 2 aromatic rings. The van der Waals surface area contributed by atoms with Gasteiger partial charge in [0.25, 0.3) is 10.0 Å². The summed E-state index contributed by atoms with van der Waals surface area (Å²) in [5.41, 5.74) is 0.590. The van der Waals surface area contributed by atoms with Gasteiger partial charge in [-0.3, -0.25) is 0 Å². The van der Waals surface area contributed by atoms with E-state index in [0.29, 0.717) is 30.3 Å². The number of halogens is 1. The van der Waals surface area contributed by atoms with Crippen molar-refractivity contribution in [2.24, 2.45) is 5.10 Å². The molecule has 8 heteroatoms. The van der Waals surface area contributed by atoms with Crippen LogP contribution in [0.2, 0.25) is 0 Å². The first-order valence-electron chi connectivity index (χ1n) is 7.66. The molecular formula is C17H19FN2O4S. The summed E-state index contributed by atoms with van der Waals surface area (Å²) >= 11 is 0. The van der Waals surface area contributed by atoms with Gasteiger partial charge in [0.05, 0.1) is 24.3 Å². The highest BCUT2D eigenvalue weighted by Gasteiger charge is 2.12. The molecule has 0 unspecified atom stereocenters. The molecule has 0 saturated carbocycles. The van der Waals surface area contributed by atoms with Crippen LogP contribution in [0.25, 0.3) is 0 Å². The predicted molar refractivity (Wildman–Crippen MR) is 93.1 cm³/mol. The molecule has 0 fully saturated rings. The van der Waals surface area contributed by atoms with Crippen LogP contribution in [-0.4, -0.2) is 27.8 Å². The molecule has 0 aliphatic rings. The molecular weight excluding hydrogens is 347 g/mol. The molecule has 0 radical (unpaired) electrons. The minimum absolute atomic E-state index is 0.0808. The van der Waals surface area contributed by atoms with E-state index >= 15 is 0 Å². The Bertz CT molecular complexity index is 836. The Balaban J connectivity index is 2.16. The zero-order valence-corrected chi connectivity index (χ0v) is 14.7. The minimum Gasteiger partial charge on any atom is -0.494 e. The lowest BCUT2D eigenvalue weighted by Crippen LogP contribution is -2.18. The number of rotatable bonds is 8. The van der Waals surface area contributed by atoms with Crippen molar-refractivity contribution in [3.63, 3.8) is 0 Å². The van der Waals surface area contributed by atoms with Crippen LogP contribution in [0.5, 0.6) is 11.5 Å². The van der Waals surface area contributed by atoms with E-state index in [9.17, 15) is 12.8 Å². The summed E-state index contributed by atoms with van der Waals surface area (Å²) in [7, 11) is -3.87. The Morgan fingerprint density at radius 1 is 1.08 bits per heavy atom. The SMILES string of the molecule is CCOc1ccc(/C=N/NS(=O)(=O)c2ccc(F)cc2)c(OCC)c1. The third-order valence-corrected chi connectivity index (χ3v) is 4.33. The predicted octanol–water partition coefficient (Wildman–Crippen LogP) is 2.94. The molecule has 0 aromatic heterocycles. The van der Waals surface area contributed by atoms with Gasteiger partial charge in [0.1, 0.15) is 17.3 Å². The first kappa shape index (κ1) is 18.7. The van der Waals surface area contributed by atoms with E-state index in [1.807, 2.05) is 13.8 Å². The molecule has 0 saturated heterocycles. The second-order valence-corrected chi connectivity index (χ2v) is 6.53. The van der Waals surface area contributed by atoms with Crippen LogP contribution in [-0.2, 0) is 10.0 Å². The maximum Gasteiger partial charge on any atom is 0.276 e. The van der Waals surface area contributed by atoms with Crippen LogP contribution in [0.3, 0.4) is 0 Å². The molecule has 2 aromatic carbocycles. The Morgan fingerprint density at radius 2 is 1.76 bits per heavy atom. The molecule has 1 N–H and O–H groups in total. The van der Waals surface area contributed by atoms with Crippen molar-refractivity contribution >= 4 is 16.2 Å². The maximum atomic E-state index is 12.9. The summed E-state index contributed by atoms with van der Waals surface area (Å²) in [6, 6.07) is 9.62. The summed E-state index contributed by atoms with van der Waals surface area (Å²) in [5, 5.41) is 3.75. The zero-order chi connectivity index (χ0) is 18.3. The van der Waals surface area contributed by atoms with Crippen molar-refractivity contribution in [1.82, 2.24) is 4.83 Å². The lowest BCUT2D eigenvalue weighted by atomic mass is 10.2. The van der Waals surface area contributed by atoms with Crippen molar-refractivity contribution in [2.75, 3.05) is 13.2 Å². The van der Waals surface area contributed by atoms with Crippen LogP contribution < -0.4 is 14.3 Å². The Morgan fingerprint density at radius 3 is 2.40 bits per heavy atom. The van der Waals surface area contributed by atoms with E-state index in [0.717, 1.165) is 24.3 Å². The average molecular weight is 366 g/mol. The highest BCUT2D eigenvalue weighted by Crippen LogP contribution is 2.24. The molecule has 6 nitrogen and oxygen atoms in total. The second-order valence-electron chi connectivity index (χ2n) is 4.87. The fourth-order valence-corrected chi connectivity index (χ4v) is 2.78. The first-order valence-corrected chi connectivity index (χ1v) is 9.14. The first-order chi connectivity index (χ1) is 12.0. The Kier molecular flexibility index (Phi) is 6.35. The molecule has 0 bridgehead atoms. The van der Waals surface area contributed by atoms with Crippen LogP contribution >= 0.6 is 0 Å². The summed E-state index contributed by atoms with van der Waals surface area (Å²) in [4.78, 5) is 2.00.